The maximum atomic E-state index is 12.9. The molecule has 0 N–H and O–H groups in total. The summed E-state index contributed by atoms with van der Waals surface area (Å²) in [4.78, 5) is 38.2. The van der Waals surface area contributed by atoms with Crippen molar-refractivity contribution in [3.05, 3.63) is 48.6 Å². The van der Waals surface area contributed by atoms with Crippen molar-refractivity contribution < 1.29 is 28.6 Å². The number of unbranched alkanes of at least 4 members (excludes halogenated alkanes) is 39. The van der Waals surface area contributed by atoms with Gasteiger partial charge in [-0.15, -0.1) is 0 Å². The monoisotopic (exact) mass is 1010 g/mol. The highest BCUT2D eigenvalue weighted by molar-refractivity contribution is 5.71. The molecule has 0 saturated heterocycles. The van der Waals surface area contributed by atoms with E-state index in [0.717, 1.165) is 83.5 Å². The van der Waals surface area contributed by atoms with Gasteiger partial charge in [-0.05, 0) is 77.0 Å². The summed E-state index contributed by atoms with van der Waals surface area (Å²) in [5.74, 6) is -0.891. The van der Waals surface area contributed by atoms with Gasteiger partial charge >= 0.3 is 17.9 Å². The first-order chi connectivity index (χ1) is 35.5. The molecule has 0 spiro atoms. The Morgan fingerprint density at radius 1 is 0.292 bits per heavy atom. The Labute approximate surface area is 448 Å². The third-order valence-electron chi connectivity index (χ3n) is 14.1. The predicted molar refractivity (Wildman–Crippen MR) is 312 cm³/mol. The van der Waals surface area contributed by atoms with Gasteiger partial charge in [-0.2, -0.15) is 0 Å². The highest BCUT2D eigenvalue weighted by Crippen LogP contribution is 2.17. The van der Waals surface area contributed by atoms with E-state index in [4.69, 9.17) is 14.2 Å². The van der Waals surface area contributed by atoms with E-state index in [9.17, 15) is 14.4 Å². The summed E-state index contributed by atoms with van der Waals surface area (Å²) in [5.41, 5.74) is 0. The Hall–Kier alpha value is -2.63. The Morgan fingerprint density at radius 2 is 0.542 bits per heavy atom. The van der Waals surface area contributed by atoms with Crippen LogP contribution < -0.4 is 0 Å². The molecule has 0 aliphatic carbocycles. The third-order valence-corrected chi connectivity index (χ3v) is 14.1. The van der Waals surface area contributed by atoms with E-state index in [1.54, 1.807) is 0 Å². The van der Waals surface area contributed by atoms with Gasteiger partial charge in [0.1, 0.15) is 13.2 Å². The van der Waals surface area contributed by atoms with Gasteiger partial charge < -0.3 is 14.2 Å². The minimum Gasteiger partial charge on any atom is -0.462 e. The number of allylic oxidation sites excluding steroid dienone is 8. The summed E-state index contributed by atoms with van der Waals surface area (Å²) in [6, 6.07) is 0. The van der Waals surface area contributed by atoms with E-state index in [-0.39, 0.29) is 31.1 Å². The number of carbonyl (C=O) groups excluding carboxylic acids is 3. The lowest BCUT2D eigenvalue weighted by Crippen LogP contribution is -2.30. The van der Waals surface area contributed by atoms with Crippen molar-refractivity contribution in [3.63, 3.8) is 0 Å². The van der Waals surface area contributed by atoms with Crippen LogP contribution in [0.4, 0.5) is 0 Å². The van der Waals surface area contributed by atoms with Crippen molar-refractivity contribution in [3.8, 4) is 0 Å². The van der Waals surface area contributed by atoms with E-state index in [1.807, 2.05) is 0 Å². The minimum absolute atomic E-state index is 0.0794. The van der Waals surface area contributed by atoms with Crippen LogP contribution in [0.25, 0.3) is 0 Å². The highest BCUT2D eigenvalue weighted by atomic mass is 16.6. The Morgan fingerprint density at radius 3 is 0.875 bits per heavy atom. The maximum absolute atomic E-state index is 12.9. The second-order valence-electron chi connectivity index (χ2n) is 21.3. The smallest absolute Gasteiger partial charge is 0.306 e. The van der Waals surface area contributed by atoms with E-state index >= 15 is 0 Å². The van der Waals surface area contributed by atoms with Gasteiger partial charge in [-0.25, -0.2) is 0 Å². The standard InChI is InChI=1S/C66H120O6/c1-4-7-10-13-16-19-22-25-27-29-31-32-33-34-35-37-38-41-44-47-50-53-56-59-65(68)71-62-63(61-70-64(67)58-55-52-49-46-43-40-24-21-18-15-12-9-6-3)72-66(69)60-57-54-51-48-45-42-39-36-30-28-26-23-20-17-14-11-8-5-2/h9,12,18,21,29,31,40,43,63H,4-8,10-11,13-17,19-20,22-28,30,32-39,41-42,44-62H2,1-3H3/b12-9-,21-18-,31-29-,43-40-. The summed E-state index contributed by atoms with van der Waals surface area (Å²) in [5, 5.41) is 0. The van der Waals surface area contributed by atoms with Crippen molar-refractivity contribution in [1.82, 2.24) is 0 Å². The zero-order valence-electron chi connectivity index (χ0n) is 48.2. The van der Waals surface area contributed by atoms with Gasteiger partial charge in [0, 0.05) is 19.3 Å². The summed E-state index contributed by atoms with van der Waals surface area (Å²) in [6.07, 6.45) is 75.5. The zero-order valence-corrected chi connectivity index (χ0v) is 48.2. The molecule has 0 rings (SSSR count). The van der Waals surface area contributed by atoms with Gasteiger partial charge in [0.2, 0.25) is 0 Å². The Bertz CT molecular complexity index is 1250. The molecular weight excluding hydrogens is 889 g/mol. The van der Waals surface area contributed by atoms with Gasteiger partial charge in [0.25, 0.3) is 0 Å². The fraction of sp³-hybridized carbons (Fsp3) is 0.833. The lowest BCUT2D eigenvalue weighted by atomic mass is 10.0. The first-order valence-corrected chi connectivity index (χ1v) is 31.6. The van der Waals surface area contributed by atoms with Crippen molar-refractivity contribution in [1.29, 1.82) is 0 Å². The van der Waals surface area contributed by atoms with Crippen molar-refractivity contribution in [2.24, 2.45) is 0 Å². The van der Waals surface area contributed by atoms with Crippen molar-refractivity contribution in [2.75, 3.05) is 13.2 Å². The summed E-state index contributed by atoms with van der Waals surface area (Å²) < 4.78 is 16.9. The van der Waals surface area contributed by atoms with Crippen molar-refractivity contribution in [2.45, 2.75) is 341 Å². The van der Waals surface area contributed by atoms with Gasteiger partial charge in [-0.1, -0.05) is 288 Å². The maximum Gasteiger partial charge on any atom is 0.306 e. The molecular formula is C66H120O6. The zero-order chi connectivity index (χ0) is 52.2. The van der Waals surface area contributed by atoms with Crippen LogP contribution in [0, 0.1) is 0 Å². The second-order valence-corrected chi connectivity index (χ2v) is 21.3. The largest absolute Gasteiger partial charge is 0.462 e. The molecule has 1 atom stereocenters. The molecule has 0 fully saturated rings. The molecule has 1 unspecified atom stereocenters. The topological polar surface area (TPSA) is 78.9 Å². The van der Waals surface area contributed by atoms with Crippen LogP contribution in [0.1, 0.15) is 335 Å². The fourth-order valence-electron chi connectivity index (χ4n) is 9.34. The molecule has 0 aliphatic heterocycles. The number of rotatable bonds is 58. The molecule has 420 valence electrons. The molecule has 6 heteroatoms. The molecule has 0 aliphatic rings. The van der Waals surface area contributed by atoms with Crippen LogP contribution in [-0.4, -0.2) is 37.2 Å². The predicted octanol–water partition coefficient (Wildman–Crippen LogP) is 21.4. The summed E-state index contributed by atoms with van der Waals surface area (Å²) in [7, 11) is 0. The first kappa shape index (κ1) is 69.4. The fourth-order valence-corrected chi connectivity index (χ4v) is 9.34. The lowest BCUT2D eigenvalue weighted by molar-refractivity contribution is -0.167. The van der Waals surface area contributed by atoms with Crippen LogP contribution in [0.2, 0.25) is 0 Å². The SMILES string of the molecule is CC/C=C\C/C=C\C/C=C\CCCCCC(=O)OCC(COC(=O)CCCCCCCCCCCCC/C=C\CCCCCCCCCC)OC(=O)CCCCCCCCCCCCCCCCCCCC. The van der Waals surface area contributed by atoms with Gasteiger partial charge in [0.15, 0.2) is 6.10 Å². The average Bonchev–Trinajstić information content (AvgIpc) is 3.38. The molecule has 6 nitrogen and oxygen atoms in total. The molecule has 0 heterocycles. The molecule has 0 aromatic heterocycles. The van der Waals surface area contributed by atoms with Crippen LogP contribution >= 0.6 is 0 Å². The lowest BCUT2D eigenvalue weighted by Gasteiger charge is -2.18. The van der Waals surface area contributed by atoms with Crippen LogP contribution in [0.15, 0.2) is 48.6 Å². The van der Waals surface area contributed by atoms with E-state index < -0.39 is 6.10 Å². The minimum atomic E-state index is -0.783. The van der Waals surface area contributed by atoms with E-state index in [0.29, 0.717) is 19.3 Å². The van der Waals surface area contributed by atoms with Crippen LogP contribution in [0.5, 0.6) is 0 Å². The molecule has 0 bridgehead atoms. The van der Waals surface area contributed by atoms with Gasteiger partial charge in [-0.3, -0.25) is 14.4 Å². The Kier molecular flexibility index (Phi) is 58.7. The van der Waals surface area contributed by atoms with E-state index in [2.05, 4.69) is 69.4 Å². The number of hydrogen-bond donors (Lipinski definition) is 0. The molecule has 0 aromatic carbocycles. The number of hydrogen-bond acceptors (Lipinski definition) is 6. The molecule has 0 radical (unpaired) electrons. The average molecular weight is 1010 g/mol. The third kappa shape index (κ3) is 58.3. The van der Waals surface area contributed by atoms with Crippen LogP contribution in [0.3, 0.4) is 0 Å². The molecule has 72 heavy (non-hydrogen) atoms. The summed E-state index contributed by atoms with van der Waals surface area (Å²) in [6.45, 7) is 6.55. The first-order valence-electron chi connectivity index (χ1n) is 31.6. The number of carbonyl (C=O) groups is 3. The van der Waals surface area contributed by atoms with E-state index in [1.165, 1.54) is 212 Å². The second kappa shape index (κ2) is 60.9. The summed E-state index contributed by atoms with van der Waals surface area (Å²) >= 11 is 0. The molecule has 0 saturated carbocycles. The quantitative estimate of drug-likeness (QED) is 0.0261. The number of ether oxygens (including phenoxy) is 3. The number of esters is 3. The Balaban J connectivity index is 4.29. The van der Waals surface area contributed by atoms with Gasteiger partial charge in [0.05, 0.1) is 0 Å². The normalized spacial score (nSPS) is 12.3. The van der Waals surface area contributed by atoms with Crippen LogP contribution in [-0.2, 0) is 28.6 Å². The highest BCUT2D eigenvalue weighted by Gasteiger charge is 2.19. The van der Waals surface area contributed by atoms with Crippen molar-refractivity contribution >= 4 is 17.9 Å². The molecule has 0 aromatic rings. The molecule has 0 amide bonds.